The second-order valence-electron chi connectivity index (χ2n) is 2.68. The van der Waals surface area contributed by atoms with E-state index in [0.29, 0.717) is 5.69 Å². The maximum atomic E-state index is 11.0. The highest BCUT2D eigenvalue weighted by molar-refractivity contribution is 5.84. The van der Waals surface area contributed by atoms with Crippen LogP contribution in [0, 0.1) is 10.1 Å². The van der Waals surface area contributed by atoms with E-state index in [4.69, 9.17) is 0 Å². The summed E-state index contributed by atoms with van der Waals surface area (Å²) in [6, 6.07) is 8.70. The molecule has 0 atom stereocenters. The molecule has 0 radical (unpaired) electrons. The maximum Gasteiger partial charge on any atom is 0.411 e. The van der Waals surface area contributed by atoms with Gasteiger partial charge >= 0.3 is 6.09 Å². The predicted molar refractivity (Wildman–Crippen MR) is 53.3 cm³/mol. The van der Waals surface area contributed by atoms with E-state index in [2.05, 4.69) is 10.1 Å². The molecule has 0 saturated carbocycles. The van der Waals surface area contributed by atoms with Gasteiger partial charge in [-0.05, 0) is 12.1 Å². The van der Waals surface area contributed by atoms with Crippen LogP contribution in [0.3, 0.4) is 0 Å². The largest absolute Gasteiger partial charge is 0.442 e. The van der Waals surface area contributed by atoms with Crippen LogP contribution in [0.25, 0.3) is 0 Å². The molecule has 0 fully saturated rings. The summed E-state index contributed by atoms with van der Waals surface area (Å²) >= 11 is 0. The summed E-state index contributed by atoms with van der Waals surface area (Å²) in [5, 5.41) is 12.4. The molecule has 80 valence electrons. The standard InChI is InChI=1S/C9H10N2O4/c12-9(15-7-6-11(13)14)10-8-4-2-1-3-5-8/h1-5H,6-7H2,(H,10,12). The van der Waals surface area contributed by atoms with Crippen LogP contribution < -0.4 is 5.32 Å². The second-order valence-corrected chi connectivity index (χ2v) is 2.68. The number of para-hydroxylation sites is 1. The van der Waals surface area contributed by atoms with Crippen molar-refractivity contribution in [2.24, 2.45) is 0 Å². The third-order valence-corrected chi connectivity index (χ3v) is 1.53. The van der Waals surface area contributed by atoms with Gasteiger partial charge in [-0.3, -0.25) is 15.4 Å². The number of hydrogen-bond acceptors (Lipinski definition) is 4. The third kappa shape index (κ3) is 4.61. The number of nitro groups is 1. The average Bonchev–Trinajstić information content (AvgIpc) is 2.18. The molecule has 1 rings (SSSR count). The fraction of sp³-hybridized carbons (Fsp3) is 0.222. The fourth-order valence-corrected chi connectivity index (χ4v) is 0.888. The van der Waals surface area contributed by atoms with Crippen molar-refractivity contribution in [1.82, 2.24) is 0 Å². The minimum absolute atomic E-state index is 0.230. The zero-order valence-corrected chi connectivity index (χ0v) is 7.88. The number of rotatable bonds is 4. The monoisotopic (exact) mass is 210 g/mol. The van der Waals surface area contributed by atoms with Crippen LogP contribution in [0.4, 0.5) is 10.5 Å². The zero-order valence-electron chi connectivity index (χ0n) is 7.88. The van der Waals surface area contributed by atoms with Crippen LogP contribution in [-0.4, -0.2) is 24.2 Å². The van der Waals surface area contributed by atoms with Crippen LogP contribution in [-0.2, 0) is 4.74 Å². The summed E-state index contributed by atoms with van der Waals surface area (Å²) in [7, 11) is 0. The molecule has 0 aromatic heterocycles. The predicted octanol–water partition coefficient (Wildman–Crippen LogP) is 1.51. The van der Waals surface area contributed by atoms with Gasteiger partial charge in [0.1, 0.15) is 0 Å². The molecule has 0 saturated heterocycles. The minimum atomic E-state index is -0.692. The first-order valence-electron chi connectivity index (χ1n) is 4.29. The van der Waals surface area contributed by atoms with Crippen LogP contribution in [0.2, 0.25) is 0 Å². The Hall–Kier alpha value is -2.11. The molecule has 0 aliphatic heterocycles. The molecule has 0 bridgehead atoms. The van der Waals surface area contributed by atoms with Gasteiger partial charge in [-0.1, -0.05) is 18.2 Å². The van der Waals surface area contributed by atoms with Gasteiger partial charge in [-0.25, -0.2) is 4.79 Å². The first-order chi connectivity index (χ1) is 7.18. The lowest BCUT2D eigenvalue weighted by atomic mass is 10.3. The van der Waals surface area contributed by atoms with Crippen LogP contribution in [0.15, 0.2) is 30.3 Å². The first-order valence-corrected chi connectivity index (χ1v) is 4.29. The molecule has 0 aliphatic rings. The molecule has 6 heteroatoms. The van der Waals surface area contributed by atoms with E-state index in [0.717, 1.165) is 0 Å². The van der Waals surface area contributed by atoms with E-state index in [1.807, 2.05) is 6.07 Å². The Balaban J connectivity index is 2.28. The van der Waals surface area contributed by atoms with E-state index >= 15 is 0 Å². The van der Waals surface area contributed by atoms with Crippen molar-refractivity contribution in [1.29, 1.82) is 0 Å². The van der Waals surface area contributed by atoms with Crippen molar-refractivity contribution in [3.8, 4) is 0 Å². The van der Waals surface area contributed by atoms with Crippen LogP contribution in [0.1, 0.15) is 0 Å². The lowest BCUT2D eigenvalue weighted by Crippen LogP contribution is -2.18. The van der Waals surface area contributed by atoms with Crippen molar-refractivity contribution in [3.63, 3.8) is 0 Å². The van der Waals surface area contributed by atoms with Gasteiger partial charge < -0.3 is 4.74 Å². The van der Waals surface area contributed by atoms with Crippen molar-refractivity contribution in [2.45, 2.75) is 0 Å². The molecule has 0 aliphatic carbocycles. The van der Waals surface area contributed by atoms with Gasteiger partial charge in [-0.15, -0.1) is 0 Å². The number of carbonyl (C=O) groups excluding carboxylic acids is 1. The smallest absolute Gasteiger partial charge is 0.411 e. The summed E-state index contributed by atoms with van der Waals surface area (Å²) in [5.41, 5.74) is 0.587. The quantitative estimate of drug-likeness (QED) is 0.603. The maximum absolute atomic E-state index is 11.0. The van der Waals surface area contributed by atoms with E-state index in [1.165, 1.54) is 0 Å². The average molecular weight is 210 g/mol. The zero-order chi connectivity index (χ0) is 11.1. The molecule has 1 amide bonds. The number of hydrogen-bond donors (Lipinski definition) is 1. The fourth-order valence-electron chi connectivity index (χ4n) is 0.888. The van der Waals surface area contributed by atoms with Gasteiger partial charge in [0.2, 0.25) is 6.54 Å². The summed E-state index contributed by atoms with van der Waals surface area (Å²) in [5.74, 6) is 0. The molecule has 1 aromatic carbocycles. The number of nitrogens with zero attached hydrogens (tertiary/aromatic N) is 1. The number of benzene rings is 1. The molecular weight excluding hydrogens is 200 g/mol. The van der Waals surface area contributed by atoms with E-state index in [1.54, 1.807) is 24.3 Å². The molecule has 1 aromatic rings. The normalized spacial score (nSPS) is 9.33. The Labute approximate surface area is 86.0 Å². The van der Waals surface area contributed by atoms with E-state index < -0.39 is 11.0 Å². The number of carbonyl (C=O) groups is 1. The molecule has 0 heterocycles. The van der Waals surface area contributed by atoms with E-state index in [-0.39, 0.29) is 13.2 Å². The Kier molecular flexibility index (Phi) is 4.08. The first kappa shape index (κ1) is 11.0. The highest BCUT2D eigenvalue weighted by atomic mass is 16.6. The highest BCUT2D eigenvalue weighted by Crippen LogP contribution is 2.04. The Morgan fingerprint density at radius 3 is 2.67 bits per heavy atom. The summed E-state index contributed by atoms with van der Waals surface area (Å²) in [6.45, 7) is -0.617. The van der Waals surface area contributed by atoms with Crippen molar-refractivity contribution in [3.05, 3.63) is 40.4 Å². The summed E-state index contributed by atoms with van der Waals surface area (Å²) in [4.78, 5) is 20.4. The van der Waals surface area contributed by atoms with Crippen LogP contribution in [0.5, 0.6) is 0 Å². The SMILES string of the molecule is O=C(Nc1ccccc1)OCC[N+](=O)[O-]. The van der Waals surface area contributed by atoms with Crippen molar-refractivity contribution < 1.29 is 14.5 Å². The van der Waals surface area contributed by atoms with Gasteiger partial charge in [0.05, 0.1) is 0 Å². The molecular formula is C9H10N2O4. The highest BCUT2D eigenvalue weighted by Gasteiger charge is 2.04. The Morgan fingerprint density at radius 2 is 2.07 bits per heavy atom. The van der Waals surface area contributed by atoms with Gasteiger partial charge in [0.15, 0.2) is 6.61 Å². The Bertz CT molecular complexity index is 339. The van der Waals surface area contributed by atoms with Gasteiger partial charge in [-0.2, -0.15) is 0 Å². The second kappa shape index (κ2) is 5.58. The van der Waals surface area contributed by atoms with Crippen molar-refractivity contribution in [2.75, 3.05) is 18.5 Å². The molecule has 1 N–H and O–H groups in total. The molecule has 0 unspecified atom stereocenters. The minimum Gasteiger partial charge on any atom is -0.442 e. The molecule has 15 heavy (non-hydrogen) atoms. The Morgan fingerprint density at radius 1 is 1.40 bits per heavy atom. The topological polar surface area (TPSA) is 81.5 Å². The summed E-state index contributed by atoms with van der Waals surface area (Å²) in [6.07, 6.45) is -0.692. The summed E-state index contributed by atoms with van der Waals surface area (Å²) < 4.78 is 4.57. The number of anilines is 1. The number of nitrogens with one attached hydrogen (secondary N) is 1. The number of ether oxygens (including phenoxy) is 1. The van der Waals surface area contributed by atoms with E-state index in [9.17, 15) is 14.9 Å². The van der Waals surface area contributed by atoms with Gasteiger partial charge in [0.25, 0.3) is 0 Å². The molecule has 6 nitrogen and oxygen atoms in total. The number of amides is 1. The third-order valence-electron chi connectivity index (χ3n) is 1.53. The lowest BCUT2D eigenvalue weighted by Gasteiger charge is -2.04. The molecule has 0 spiro atoms. The lowest BCUT2D eigenvalue weighted by molar-refractivity contribution is -0.482. The van der Waals surface area contributed by atoms with Crippen LogP contribution >= 0.6 is 0 Å². The van der Waals surface area contributed by atoms with Crippen molar-refractivity contribution >= 4 is 11.8 Å². The van der Waals surface area contributed by atoms with Gasteiger partial charge in [0, 0.05) is 10.6 Å².